The number of hydrogen-bond acceptors (Lipinski definition) is 6. The molecule has 0 saturated carbocycles. The lowest BCUT2D eigenvalue weighted by Crippen LogP contribution is -2.42. The predicted molar refractivity (Wildman–Crippen MR) is 144 cm³/mol. The number of aryl methyl sites for hydroxylation is 3. The van der Waals surface area contributed by atoms with Crippen molar-refractivity contribution in [2.75, 3.05) is 18.0 Å². The zero-order chi connectivity index (χ0) is 25.2. The lowest BCUT2D eigenvalue weighted by atomic mass is 9.63. The molecule has 4 aromatic rings. The van der Waals surface area contributed by atoms with Gasteiger partial charge in [0.1, 0.15) is 17.0 Å². The zero-order valence-electron chi connectivity index (χ0n) is 21.5. The van der Waals surface area contributed by atoms with Crippen molar-refractivity contribution in [3.05, 3.63) is 64.4 Å². The van der Waals surface area contributed by atoms with Crippen molar-refractivity contribution in [1.29, 1.82) is 0 Å². The Balaban J connectivity index is 1.27. The van der Waals surface area contributed by atoms with E-state index >= 15 is 0 Å². The maximum atomic E-state index is 14.4. The highest BCUT2D eigenvalue weighted by Gasteiger charge is 2.42. The molecule has 0 unspecified atom stereocenters. The summed E-state index contributed by atoms with van der Waals surface area (Å²) in [6.07, 6.45) is 9.44. The van der Waals surface area contributed by atoms with Crippen molar-refractivity contribution in [3.63, 3.8) is 0 Å². The second-order valence-electron chi connectivity index (χ2n) is 10.9. The number of aromatic nitrogens is 3. The minimum Gasteiger partial charge on any atom is -0.360 e. The van der Waals surface area contributed by atoms with E-state index in [2.05, 4.69) is 53.8 Å². The van der Waals surface area contributed by atoms with Crippen LogP contribution in [-0.4, -0.2) is 28.2 Å². The Bertz CT molecular complexity index is 1490. The van der Waals surface area contributed by atoms with E-state index in [9.17, 15) is 4.39 Å². The number of anilines is 1. The van der Waals surface area contributed by atoms with E-state index < -0.39 is 0 Å². The van der Waals surface area contributed by atoms with Gasteiger partial charge in [-0.2, -0.15) is 0 Å². The summed E-state index contributed by atoms with van der Waals surface area (Å²) in [6.45, 7) is 12.3. The predicted octanol–water partition coefficient (Wildman–Crippen LogP) is 7.61. The number of piperidine rings is 1. The molecule has 4 heterocycles. The van der Waals surface area contributed by atoms with E-state index in [0.29, 0.717) is 5.52 Å². The van der Waals surface area contributed by atoms with E-state index in [1.807, 2.05) is 25.4 Å². The zero-order valence-corrected chi connectivity index (χ0v) is 22.3. The van der Waals surface area contributed by atoms with Crippen LogP contribution in [-0.2, 0) is 0 Å². The van der Waals surface area contributed by atoms with Crippen LogP contribution in [0.1, 0.15) is 67.0 Å². The van der Waals surface area contributed by atoms with Crippen LogP contribution >= 0.6 is 11.3 Å². The van der Waals surface area contributed by atoms with Gasteiger partial charge in [0.15, 0.2) is 10.9 Å². The molecule has 186 valence electrons. The highest BCUT2D eigenvalue weighted by atomic mass is 32.1. The minimum atomic E-state index is -0.224. The van der Waals surface area contributed by atoms with Gasteiger partial charge in [0.25, 0.3) is 0 Å². The average molecular weight is 503 g/mol. The van der Waals surface area contributed by atoms with Crippen LogP contribution in [0.15, 0.2) is 35.1 Å². The molecular weight excluding hydrogens is 471 g/mol. The third-order valence-electron chi connectivity index (χ3n) is 7.76. The molecule has 1 spiro atoms. The van der Waals surface area contributed by atoms with Gasteiger partial charge in [-0.25, -0.2) is 9.37 Å². The fraction of sp³-hybridized carbons (Fsp3) is 0.414. The fourth-order valence-corrected chi connectivity index (χ4v) is 6.97. The largest absolute Gasteiger partial charge is 0.360 e. The number of thiazole rings is 1. The summed E-state index contributed by atoms with van der Waals surface area (Å²) in [7, 11) is 0. The van der Waals surface area contributed by atoms with Crippen molar-refractivity contribution in [2.24, 2.45) is 5.41 Å². The van der Waals surface area contributed by atoms with Gasteiger partial charge >= 0.3 is 0 Å². The first kappa shape index (κ1) is 23.3. The number of benzene rings is 1. The molecule has 0 bridgehead atoms. The molecule has 6 rings (SSSR count). The van der Waals surface area contributed by atoms with Gasteiger partial charge in [-0.1, -0.05) is 36.4 Å². The molecule has 1 aromatic carbocycles. The first-order valence-corrected chi connectivity index (χ1v) is 13.5. The van der Waals surface area contributed by atoms with Crippen LogP contribution in [0.5, 0.6) is 0 Å². The van der Waals surface area contributed by atoms with Crippen LogP contribution in [0.25, 0.3) is 27.0 Å². The monoisotopic (exact) mass is 502 g/mol. The van der Waals surface area contributed by atoms with Crippen LogP contribution < -0.4 is 4.90 Å². The second kappa shape index (κ2) is 8.51. The number of allylic oxidation sites excluding steroid dienone is 2. The molecule has 1 aliphatic heterocycles. The molecule has 0 radical (unpaired) electrons. The number of nitrogens with zero attached hydrogens (tertiary/aromatic N) is 4. The molecule has 1 saturated heterocycles. The number of pyridine rings is 1. The fourth-order valence-electron chi connectivity index (χ4n) is 5.84. The third-order valence-corrected chi connectivity index (χ3v) is 8.82. The van der Waals surface area contributed by atoms with E-state index in [1.165, 1.54) is 11.1 Å². The van der Waals surface area contributed by atoms with Crippen molar-refractivity contribution >= 4 is 32.3 Å². The summed E-state index contributed by atoms with van der Waals surface area (Å²) in [6, 6.07) is 3.60. The van der Waals surface area contributed by atoms with Gasteiger partial charge in [-0.3, -0.25) is 4.98 Å². The summed E-state index contributed by atoms with van der Waals surface area (Å²) in [4.78, 5) is 11.3. The Labute approximate surface area is 215 Å². The van der Waals surface area contributed by atoms with Gasteiger partial charge < -0.3 is 9.42 Å². The highest BCUT2D eigenvalue weighted by molar-refractivity contribution is 7.22. The maximum absolute atomic E-state index is 14.4. The topological polar surface area (TPSA) is 55.1 Å². The maximum Gasteiger partial charge on any atom is 0.186 e. The highest BCUT2D eigenvalue weighted by Crippen LogP contribution is 2.54. The summed E-state index contributed by atoms with van der Waals surface area (Å²) in [5.41, 5.74) is 8.46. The van der Waals surface area contributed by atoms with E-state index in [1.54, 1.807) is 17.4 Å². The normalized spacial score (nSPS) is 17.2. The summed E-state index contributed by atoms with van der Waals surface area (Å²) in [5.74, 6) is 0.995. The van der Waals surface area contributed by atoms with Gasteiger partial charge in [-0.15, -0.1) is 0 Å². The number of hydrogen-bond donors (Lipinski definition) is 0. The third kappa shape index (κ3) is 3.76. The molecule has 0 atom stereocenters. The standard InChI is InChI=1S/C29H31FN4OS/c1-16(2)27-24(26(33-35-27)23-18(4)14-31-15-19(23)5)20-12-29(13-20)6-8-34(9-7-29)28-32-25-21(30)10-17(3)11-22(25)36-28/h10-12,14-16H,6-9,13H2,1-5H3. The second-order valence-corrected chi connectivity index (χ2v) is 11.9. The average Bonchev–Trinajstić information content (AvgIpc) is 3.42. The Hall–Kier alpha value is -3.06. The molecule has 7 heteroatoms. The van der Waals surface area contributed by atoms with Crippen LogP contribution in [0.2, 0.25) is 0 Å². The molecular formula is C29H31FN4OS. The SMILES string of the molecule is Cc1cc(F)c2nc(N3CCC4(C=C(c5c(-c6c(C)cncc6C)noc5C(C)C)C4)CC3)sc2c1. The summed E-state index contributed by atoms with van der Waals surface area (Å²) in [5, 5.41) is 5.49. The number of halogens is 1. The van der Waals surface area contributed by atoms with Gasteiger partial charge in [-0.05, 0) is 79.8 Å². The first-order valence-electron chi connectivity index (χ1n) is 12.7. The molecule has 36 heavy (non-hydrogen) atoms. The first-order chi connectivity index (χ1) is 17.2. The van der Waals surface area contributed by atoms with Crippen LogP contribution in [0, 0.1) is 32.0 Å². The van der Waals surface area contributed by atoms with Crippen molar-refractivity contribution in [3.8, 4) is 11.3 Å². The molecule has 3 aromatic heterocycles. The quantitative estimate of drug-likeness (QED) is 0.287. The summed E-state index contributed by atoms with van der Waals surface area (Å²) < 4.78 is 21.2. The van der Waals surface area contributed by atoms with Gasteiger partial charge in [0, 0.05) is 42.5 Å². The Kier molecular flexibility index (Phi) is 5.52. The summed E-state index contributed by atoms with van der Waals surface area (Å²) >= 11 is 1.60. The lowest BCUT2D eigenvalue weighted by molar-refractivity contribution is 0.277. The van der Waals surface area contributed by atoms with Crippen LogP contribution in [0.4, 0.5) is 9.52 Å². The van der Waals surface area contributed by atoms with Crippen LogP contribution in [0.3, 0.4) is 0 Å². The van der Waals surface area contributed by atoms with E-state index in [0.717, 1.165) is 75.9 Å². The molecule has 5 nitrogen and oxygen atoms in total. The van der Waals surface area contributed by atoms with Crippen molar-refractivity contribution in [2.45, 2.75) is 59.8 Å². The Morgan fingerprint density at radius 2 is 1.75 bits per heavy atom. The smallest absolute Gasteiger partial charge is 0.186 e. The van der Waals surface area contributed by atoms with E-state index in [-0.39, 0.29) is 17.2 Å². The molecule has 1 aliphatic carbocycles. The minimum absolute atomic E-state index is 0.204. The van der Waals surface area contributed by atoms with Gasteiger partial charge in [0.2, 0.25) is 0 Å². The molecule has 0 amide bonds. The van der Waals surface area contributed by atoms with Crippen molar-refractivity contribution in [1.82, 2.24) is 15.1 Å². The van der Waals surface area contributed by atoms with Gasteiger partial charge in [0.05, 0.1) is 4.70 Å². The van der Waals surface area contributed by atoms with E-state index in [4.69, 9.17) is 4.52 Å². The Morgan fingerprint density at radius 1 is 1.06 bits per heavy atom. The molecule has 1 fully saturated rings. The lowest BCUT2D eigenvalue weighted by Gasteiger charge is -2.46. The molecule has 2 aliphatic rings. The number of fused-ring (bicyclic) bond motifs is 1. The number of rotatable bonds is 4. The van der Waals surface area contributed by atoms with Crippen molar-refractivity contribution < 1.29 is 8.91 Å². The molecule has 0 N–H and O–H groups in total. The Morgan fingerprint density at radius 3 is 2.42 bits per heavy atom.